The molecule has 7 heteroatoms. The van der Waals surface area contributed by atoms with Crippen LogP contribution in [0.5, 0.6) is 0 Å². The van der Waals surface area contributed by atoms with E-state index in [9.17, 15) is 9.90 Å². The highest BCUT2D eigenvalue weighted by Crippen LogP contribution is 2.39. The van der Waals surface area contributed by atoms with Crippen LogP contribution < -0.4 is 5.32 Å². The first kappa shape index (κ1) is 26.9. The minimum Gasteiger partial charge on any atom is -0.392 e. The zero-order chi connectivity index (χ0) is 28.2. The number of ether oxygens (including phenoxy) is 2. The summed E-state index contributed by atoms with van der Waals surface area (Å²) >= 11 is 0. The molecule has 0 aliphatic carbocycles. The van der Waals surface area contributed by atoms with E-state index in [0.29, 0.717) is 19.5 Å². The Labute approximate surface area is 239 Å². The number of nitrogens with one attached hydrogen (secondary N) is 1. The van der Waals surface area contributed by atoms with Gasteiger partial charge in [0, 0.05) is 25.5 Å². The third-order valence-corrected chi connectivity index (χ3v) is 7.58. The van der Waals surface area contributed by atoms with Gasteiger partial charge in [0.15, 0.2) is 6.29 Å². The van der Waals surface area contributed by atoms with Gasteiger partial charge in [-0.05, 0) is 39.9 Å². The van der Waals surface area contributed by atoms with E-state index in [4.69, 9.17) is 9.47 Å². The maximum atomic E-state index is 11.5. The number of carbonyl (C=O) groups is 1. The second kappa shape index (κ2) is 12.1. The van der Waals surface area contributed by atoms with E-state index in [2.05, 4.69) is 51.3 Å². The smallest absolute Gasteiger partial charge is 0.217 e. The molecule has 41 heavy (non-hydrogen) atoms. The standard InChI is InChI=1S/C34H33N3O4/c1-23(39)35-19-28-6-2-3-7-30(28)25-14-16-27(17-15-25)34-40-29(20-37-22-36-31-8-4-5-9-32(31)37)18-33(41-34)26-12-10-24(21-38)11-13-26/h2-17,22,29,33-34,38H,18-21H2,1H3,(H,35,39)/t29-,33+,34+/m1/s1. The number of hydrogen-bond donors (Lipinski definition) is 2. The van der Waals surface area contributed by atoms with Gasteiger partial charge >= 0.3 is 0 Å². The van der Waals surface area contributed by atoms with Gasteiger partial charge in [0.1, 0.15) is 0 Å². The monoisotopic (exact) mass is 547 g/mol. The summed E-state index contributed by atoms with van der Waals surface area (Å²) in [5.41, 5.74) is 8.08. The Bertz CT molecular complexity index is 1630. The molecule has 1 aliphatic heterocycles. The zero-order valence-electron chi connectivity index (χ0n) is 22.9. The minimum absolute atomic E-state index is 0.00810. The lowest BCUT2D eigenvalue weighted by Gasteiger charge is -2.36. The van der Waals surface area contributed by atoms with Crippen molar-refractivity contribution in [3.05, 3.63) is 126 Å². The van der Waals surface area contributed by atoms with Gasteiger partial charge in [0.2, 0.25) is 5.91 Å². The molecule has 0 bridgehead atoms. The maximum Gasteiger partial charge on any atom is 0.217 e. The molecule has 2 N–H and O–H groups in total. The summed E-state index contributed by atoms with van der Waals surface area (Å²) < 4.78 is 15.3. The Hall–Kier alpha value is -4.30. The Morgan fingerprint density at radius 3 is 2.44 bits per heavy atom. The fraction of sp³-hybridized carbons (Fsp3) is 0.235. The lowest BCUT2D eigenvalue weighted by molar-refractivity contribution is -0.252. The third-order valence-electron chi connectivity index (χ3n) is 7.58. The zero-order valence-corrected chi connectivity index (χ0v) is 22.9. The van der Waals surface area contributed by atoms with Crippen LogP contribution in [-0.2, 0) is 34.0 Å². The van der Waals surface area contributed by atoms with Crippen molar-refractivity contribution in [2.24, 2.45) is 0 Å². The number of aliphatic hydroxyl groups excluding tert-OH is 1. The fourth-order valence-electron chi connectivity index (χ4n) is 5.40. The molecule has 0 spiro atoms. The van der Waals surface area contributed by atoms with E-state index in [1.54, 1.807) is 0 Å². The number of hydrogen-bond acceptors (Lipinski definition) is 5. The Morgan fingerprint density at radius 2 is 1.66 bits per heavy atom. The van der Waals surface area contributed by atoms with Gasteiger partial charge in [0.25, 0.3) is 0 Å². The molecule has 7 nitrogen and oxygen atoms in total. The average Bonchev–Trinajstić information content (AvgIpc) is 3.42. The van der Waals surface area contributed by atoms with Gasteiger partial charge in [-0.25, -0.2) is 4.98 Å². The van der Waals surface area contributed by atoms with E-state index in [1.165, 1.54) is 6.92 Å². The highest BCUT2D eigenvalue weighted by atomic mass is 16.7. The minimum atomic E-state index is -0.547. The largest absolute Gasteiger partial charge is 0.392 e. The summed E-state index contributed by atoms with van der Waals surface area (Å²) in [7, 11) is 0. The third kappa shape index (κ3) is 6.07. The molecule has 1 saturated heterocycles. The second-order valence-corrected chi connectivity index (χ2v) is 10.4. The molecule has 1 fully saturated rings. The van der Waals surface area contributed by atoms with Crippen LogP contribution in [0, 0.1) is 0 Å². The Kier molecular flexibility index (Phi) is 7.91. The summed E-state index contributed by atoms with van der Waals surface area (Å²) in [4.78, 5) is 16.0. The van der Waals surface area contributed by atoms with Crippen LogP contribution in [-0.4, -0.2) is 26.7 Å². The van der Waals surface area contributed by atoms with Crippen molar-refractivity contribution in [1.29, 1.82) is 0 Å². The number of fused-ring (bicyclic) bond motifs is 1. The van der Waals surface area contributed by atoms with Crippen LogP contribution in [0.4, 0.5) is 0 Å². The summed E-state index contributed by atoms with van der Waals surface area (Å²) in [5.74, 6) is -0.0550. The van der Waals surface area contributed by atoms with Crippen LogP contribution in [0.15, 0.2) is 103 Å². The molecule has 208 valence electrons. The van der Waals surface area contributed by atoms with Gasteiger partial charge in [-0.2, -0.15) is 0 Å². The number of para-hydroxylation sites is 2. The van der Waals surface area contributed by atoms with Crippen LogP contribution in [0.3, 0.4) is 0 Å². The van der Waals surface area contributed by atoms with Crippen molar-refractivity contribution in [2.75, 3.05) is 0 Å². The molecule has 0 saturated carbocycles. The Morgan fingerprint density at radius 1 is 0.927 bits per heavy atom. The number of benzene rings is 4. The molecule has 1 aromatic heterocycles. The highest BCUT2D eigenvalue weighted by Gasteiger charge is 2.32. The summed E-state index contributed by atoms with van der Waals surface area (Å²) in [6.07, 6.45) is 1.74. The first-order chi connectivity index (χ1) is 20.1. The number of imidazole rings is 1. The van der Waals surface area contributed by atoms with Crippen LogP contribution in [0.2, 0.25) is 0 Å². The number of rotatable bonds is 8. The highest BCUT2D eigenvalue weighted by molar-refractivity contribution is 5.75. The van der Waals surface area contributed by atoms with E-state index < -0.39 is 6.29 Å². The molecule has 1 aliphatic rings. The predicted molar refractivity (Wildman–Crippen MR) is 158 cm³/mol. The first-order valence-electron chi connectivity index (χ1n) is 13.9. The molecule has 5 aromatic rings. The molecule has 6 rings (SSSR count). The van der Waals surface area contributed by atoms with Gasteiger partial charge in [0.05, 0.1) is 42.7 Å². The Balaban J connectivity index is 1.27. The predicted octanol–water partition coefficient (Wildman–Crippen LogP) is 6.08. The SMILES string of the molecule is CC(=O)NCc1ccccc1-c1ccc([C@H]2O[C@@H](Cn3cnc4ccccc43)C[C@@H](c3ccc(CO)cc3)O2)cc1. The van der Waals surface area contributed by atoms with Crippen LogP contribution in [0.25, 0.3) is 22.2 Å². The number of aromatic nitrogens is 2. The first-order valence-corrected chi connectivity index (χ1v) is 13.9. The molecule has 0 unspecified atom stereocenters. The summed E-state index contributed by atoms with van der Waals surface area (Å²) in [6, 6.07) is 32.4. The van der Waals surface area contributed by atoms with Crippen molar-refractivity contribution in [1.82, 2.24) is 14.9 Å². The number of amides is 1. The summed E-state index contributed by atoms with van der Waals surface area (Å²) in [5, 5.41) is 12.4. The molecule has 2 heterocycles. The molecular weight excluding hydrogens is 514 g/mol. The van der Waals surface area contributed by atoms with Crippen LogP contribution >= 0.6 is 0 Å². The van der Waals surface area contributed by atoms with E-state index in [0.717, 1.165) is 44.4 Å². The van der Waals surface area contributed by atoms with E-state index in [1.807, 2.05) is 67.0 Å². The number of carbonyl (C=O) groups excluding carboxylic acids is 1. The lowest BCUT2D eigenvalue weighted by atomic mass is 9.97. The molecule has 3 atom stereocenters. The number of aliphatic hydroxyl groups is 1. The van der Waals surface area contributed by atoms with Crippen molar-refractivity contribution < 1.29 is 19.4 Å². The van der Waals surface area contributed by atoms with Gasteiger partial charge in [-0.3, -0.25) is 4.79 Å². The van der Waals surface area contributed by atoms with Gasteiger partial charge in [-0.15, -0.1) is 0 Å². The van der Waals surface area contributed by atoms with Crippen LogP contribution in [0.1, 0.15) is 48.0 Å². The fourth-order valence-corrected chi connectivity index (χ4v) is 5.40. The van der Waals surface area contributed by atoms with Crippen molar-refractivity contribution >= 4 is 16.9 Å². The number of nitrogens with zero attached hydrogens (tertiary/aromatic N) is 2. The molecule has 4 aromatic carbocycles. The molecular formula is C34H33N3O4. The average molecular weight is 548 g/mol. The van der Waals surface area contributed by atoms with Crippen molar-refractivity contribution in [2.45, 2.75) is 51.5 Å². The maximum absolute atomic E-state index is 11.5. The van der Waals surface area contributed by atoms with Crippen molar-refractivity contribution in [3.8, 4) is 11.1 Å². The molecule has 1 amide bonds. The van der Waals surface area contributed by atoms with Gasteiger partial charge < -0.3 is 24.5 Å². The quantitative estimate of drug-likeness (QED) is 0.246. The van der Waals surface area contributed by atoms with E-state index in [-0.39, 0.29) is 24.7 Å². The van der Waals surface area contributed by atoms with E-state index >= 15 is 0 Å². The topological polar surface area (TPSA) is 85.6 Å². The van der Waals surface area contributed by atoms with Crippen molar-refractivity contribution in [3.63, 3.8) is 0 Å². The normalized spacial score (nSPS) is 18.8. The van der Waals surface area contributed by atoms with Gasteiger partial charge in [-0.1, -0.05) is 84.9 Å². The molecule has 0 radical (unpaired) electrons. The second-order valence-electron chi connectivity index (χ2n) is 10.4. The lowest BCUT2D eigenvalue weighted by Crippen LogP contribution is -2.32. The summed E-state index contributed by atoms with van der Waals surface area (Å²) in [6.45, 7) is 2.66.